The normalized spacial score (nSPS) is 19.8. The molecule has 0 bridgehead atoms. The molecule has 1 aliphatic rings. The molecule has 2 rings (SSSR count). The maximum absolute atomic E-state index is 13.7. The van der Waals surface area contributed by atoms with Gasteiger partial charge in [0.1, 0.15) is 5.82 Å². The third-order valence-corrected chi connectivity index (χ3v) is 3.63. The zero-order valence-electron chi connectivity index (χ0n) is 11.8. The van der Waals surface area contributed by atoms with Gasteiger partial charge in [-0.2, -0.15) is 0 Å². The Morgan fingerprint density at radius 3 is 2.84 bits per heavy atom. The van der Waals surface area contributed by atoms with E-state index in [1.54, 1.807) is 6.07 Å². The van der Waals surface area contributed by atoms with Crippen LogP contribution in [0.4, 0.5) is 4.39 Å². The highest BCUT2D eigenvalue weighted by Gasteiger charge is 2.18. The number of benzene rings is 1. The van der Waals surface area contributed by atoms with Gasteiger partial charge < -0.3 is 4.74 Å². The summed E-state index contributed by atoms with van der Waals surface area (Å²) in [5.74, 6) is -0.104. The lowest BCUT2D eigenvalue weighted by Gasteiger charge is -2.29. The molecule has 19 heavy (non-hydrogen) atoms. The molecule has 1 aromatic rings. The summed E-state index contributed by atoms with van der Waals surface area (Å²) < 4.78 is 19.5. The monoisotopic (exact) mass is 265 g/mol. The first-order valence-corrected chi connectivity index (χ1v) is 7.37. The average Bonchev–Trinajstić information content (AvgIpc) is 2.43. The second kappa shape index (κ2) is 7.61. The molecule has 106 valence electrons. The van der Waals surface area contributed by atoms with E-state index in [1.807, 2.05) is 12.1 Å². The standard InChI is InChI=1S/C16H24FNO/c1-2-10-18(13-15-8-5-6-11-19-15)12-14-7-3-4-9-16(14)17/h3-4,7,9,15H,2,5-6,8,10-13H2,1H3. The Hall–Kier alpha value is -0.930. The van der Waals surface area contributed by atoms with Gasteiger partial charge in [0.15, 0.2) is 0 Å². The van der Waals surface area contributed by atoms with Gasteiger partial charge in [-0.25, -0.2) is 4.39 Å². The Labute approximate surface area is 115 Å². The Balaban J connectivity index is 1.93. The van der Waals surface area contributed by atoms with Gasteiger partial charge in [0.25, 0.3) is 0 Å². The maximum atomic E-state index is 13.7. The highest BCUT2D eigenvalue weighted by Crippen LogP contribution is 2.16. The topological polar surface area (TPSA) is 12.5 Å². The van der Waals surface area contributed by atoms with Crippen LogP contribution in [0.25, 0.3) is 0 Å². The van der Waals surface area contributed by atoms with Crippen molar-refractivity contribution in [3.8, 4) is 0 Å². The molecular formula is C16H24FNO. The van der Waals surface area contributed by atoms with Crippen molar-refractivity contribution in [2.75, 3.05) is 19.7 Å². The fraction of sp³-hybridized carbons (Fsp3) is 0.625. The van der Waals surface area contributed by atoms with E-state index >= 15 is 0 Å². The van der Waals surface area contributed by atoms with Gasteiger partial charge in [0.05, 0.1) is 6.10 Å². The molecule has 0 amide bonds. The van der Waals surface area contributed by atoms with Gasteiger partial charge in [-0.05, 0) is 38.3 Å². The SMILES string of the molecule is CCCN(Cc1ccccc1F)CC1CCCCO1. The molecule has 2 nitrogen and oxygen atoms in total. The van der Waals surface area contributed by atoms with Crippen molar-refractivity contribution in [1.82, 2.24) is 4.90 Å². The zero-order chi connectivity index (χ0) is 13.5. The number of hydrogen-bond acceptors (Lipinski definition) is 2. The van der Waals surface area contributed by atoms with Crippen molar-refractivity contribution in [1.29, 1.82) is 0 Å². The molecule has 0 saturated carbocycles. The number of ether oxygens (including phenoxy) is 1. The minimum atomic E-state index is -0.104. The minimum absolute atomic E-state index is 0.104. The smallest absolute Gasteiger partial charge is 0.127 e. The molecule has 0 spiro atoms. The Kier molecular flexibility index (Phi) is 5.80. The molecule has 0 aromatic heterocycles. The van der Waals surface area contributed by atoms with Crippen LogP contribution >= 0.6 is 0 Å². The summed E-state index contributed by atoms with van der Waals surface area (Å²) in [7, 11) is 0. The van der Waals surface area contributed by atoms with Gasteiger partial charge >= 0.3 is 0 Å². The highest BCUT2D eigenvalue weighted by atomic mass is 19.1. The van der Waals surface area contributed by atoms with E-state index in [4.69, 9.17) is 4.74 Å². The molecular weight excluding hydrogens is 241 g/mol. The van der Waals surface area contributed by atoms with E-state index in [1.165, 1.54) is 18.9 Å². The van der Waals surface area contributed by atoms with Gasteiger partial charge in [-0.1, -0.05) is 25.1 Å². The number of nitrogens with zero attached hydrogens (tertiary/aromatic N) is 1. The first-order chi connectivity index (χ1) is 9.29. The summed E-state index contributed by atoms with van der Waals surface area (Å²) in [4.78, 5) is 2.31. The predicted octanol–water partition coefficient (Wildman–Crippen LogP) is 3.61. The van der Waals surface area contributed by atoms with Crippen LogP contribution in [-0.4, -0.2) is 30.7 Å². The quantitative estimate of drug-likeness (QED) is 0.779. The lowest BCUT2D eigenvalue weighted by molar-refractivity contribution is -0.00729. The van der Waals surface area contributed by atoms with Crippen molar-refractivity contribution >= 4 is 0 Å². The Bertz CT molecular complexity index is 377. The number of rotatable bonds is 6. The third-order valence-electron chi connectivity index (χ3n) is 3.63. The number of halogens is 1. The van der Waals surface area contributed by atoms with Crippen molar-refractivity contribution in [3.05, 3.63) is 35.6 Å². The first-order valence-electron chi connectivity index (χ1n) is 7.37. The highest BCUT2D eigenvalue weighted by molar-refractivity contribution is 5.17. The molecule has 1 saturated heterocycles. The average molecular weight is 265 g/mol. The van der Waals surface area contributed by atoms with Crippen LogP contribution in [0, 0.1) is 5.82 Å². The molecule has 0 N–H and O–H groups in total. The fourth-order valence-corrected chi connectivity index (χ4v) is 2.66. The largest absolute Gasteiger partial charge is 0.377 e. The van der Waals surface area contributed by atoms with Crippen molar-refractivity contribution in [2.24, 2.45) is 0 Å². The second-order valence-electron chi connectivity index (χ2n) is 5.32. The van der Waals surface area contributed by atoms with Crippen molar-refractivity contribution in [3.63, 3.8) is 0 Å². The summed E-state index contributed by atoms with van der Waals surface area (Å²) in [6.07, 6.45) is 4.98. The van der Waals surface area contributed by atoms with Crippen LogP contribution in [-0.2, 0) is 11.3 Å². The molecule has 3 heteroatoms. The lowest BCUT2D eigenvalue weighted by Crippen LogP contribution is -2.36. The summed E-state index contributed by atoms with van der Waals surface area (Å²) >= 11 is 0. The van der Waals surface area contributed by atoms with Gasteiger partial charge in [-0.3, -0.25) is 4.90 Å². The first kappa shape index (κ1) is 14.5. The Morgan fingerprint density at radius 2 is 2.16 bits per heavy atom. The summed E-state index contributed by atoms with van der Waals surface area (Å²) in [6, 6.07) is 7.06. The van der Waals surface area contributed by atoms with E-state index in [0.717, 1.165) is 38.1 Å². The molecule has 0 aliphatic carbocycles. The van der Waals surface area contributed by atoms with Crippen LogP contribution in [0.2, 0.25) is 0 Å². The molecule has 0 radical (unpaired) electrons. The van der Waals surface area contributed by atoms with E-state index in [9.17, 15) is 4.39 Å². The van der Waals surface area contributed by atoms with E-state index < -0.39 is 0 Å². The molecule has 1 fully saturated rings. The van der Waals surface area contributed by atoms with Crippen LogP contribution in [0.15, 0.2) is 24.3 Å². The predicted molar refractivity (Wildman–Crippen MR) is 75.6 cm³/mol. The fourth-order valence-electron chi connectivity index (χ4n) is 2.66. The molecule has 1 heterocycles. The maximum Gasteiger partial charge on any atom is 0.127 e. The Morgan fingerprint density at radius 1 is 1.32 bits per heavy atom. The third kappa shape index (κ3) is 4.59. The number of hydrogen-bond donors (Lipinski definition) is 0. The van der Waals surface area contributed by atoms with E-state index in [-0.39, 0.29) is 5.82 Å². The van der Waals surface area contributed by atoms with Gasteiger partial charge in [-0.15, -0.1) is 0 Å². The van der Waals surface area contributed by atoms with Crippen LogP contribution in [0.5, 0.6) is 0 Å². The van der Waals surface area contributed by atoms with E-state index in [0.29, 0.717) is 12.6 Å². The summed E-state index contributed by atoms with van der Waals surface area (Å²) in [5.41, 5.74) is 0.784. The zero-order valence-corrected chi connectivity index (χ0v) is 11.8. The van der Waals surface area contributed by atoms with Crippen molar-refractivity contribution in [2.45, 2.75) is 45.3 Å². The van der Waals surface area contributed by atoms with E-state index in [2.05, 4.69) is 11.8 Å². The molecule has 1 atom stereocenters. The summed E-state index contributed by atoms with van der Waals surface area (Å²) in [5, 5.41) is 0. The van der Waals surface area contributed by atoms with Crippen LogP contribution < -0.4 is 0 Å². The van der Waals surface area contributed by atoms with Gasteiger partial charge in [0.2, 0.25) is 0 Å². The van der Waals surface area contributed by atoms with Crippen LogP contribution in [0.1, 0.15) is 38.2 Å². The van der Waals surface area contributed by atoms with Crippen molar-refractivity contribution < 1.29 is 9.13 Å². The second-order valence-corrected chi connectivity index (χ2v) is 5.32. The van der Waals surface area contributed by atoms with Gasteiger partial charge in [0, 0.05) is 25.3 Å². The molecule has 1 unspecified atom stereocenters. The van der Waals surface area contributed by atoms with Crippen LogP contribution in [0.3, 0.4) is 0 Å². The molecule has 1 aromatic carbocycles. The molecule has 1 aliphatic heterocycles. The minimum Gasteiger partial charge on any atom is -0.377 e. The lowest BCUT2D eigenvalue weighted by atomic mass is 10.1. The summed E-state index contributed by atoms with van der Waals surface area (Å²) in [6.45, 7) is 5.64.